The van der Waals surface area contributed by atoms with Crippen LogP contribution in [-0.2, 0) is 6.54 Å². The zero-order chi connectivity index (χ0) is 13.4. The molecular formula is C13H19Cl2NO2. The molecule has 0 aliphatic heterocycles. The van der Waals surface area contributed by atoms with Gasteiger partial charge in [-0.1, -0.05) is 23.2 Å². The van der Waals surface area contributed by atoms with Gasteiger partial charge in [0, 0.05) is 23.7 Å². The number of hydrogen-bond donors (Lipinski definition) is 2. The summed E-state index contributed by atoms with van der Waals surface area (Å²) in [6.07, 6.45) is 2.92. The van der Waals surface area contributed by atoms with Crippen LogP contribution in [0.3, 0.4) is 0 Å². The molecule has 0 aromatic heterocycles. The van der Waals surface area contributed by atoms with E-state index in [1.165, 1.54) is 0 Å². The summed E-state index contributed by atoms with van der Waals surface area (Å²) in [6, 6.07) is 3.53. The molecule has 0 saturated heterocycles. The quantitative estimate of drug-likeness (QED) is 0.723. The fourth-order valence-corrected chi connectivity index (χ4v) is 2.35. The van der Waals surface area contributed by atoms with Gasteiger partial charge in [0.2, 0.25) is 0 Å². The van der Waals surface area contributed by atoms with E-state index < -0.39 is 0 Å². The fraction of sp³-hybridized carbons (Fsp3) is 0.538. The highest BCUT2D eigenvalue weighted by Gasteiger charge is 2.09. The Morgan fingerprint density at radius 3 is 2.67 bits per heavy atom. The second-order valence-electron chi connectivity index (χ2n) is 4.04. The Bertz CT molecular complexity index is 372. The van der Waals surface area contributed by atoms with Crippen LogP contribution in [0.15, 0.2) is 12.1 Å². The molecule has 0 unspecified atom stereocenters. The minimum absolute atomic E-state index is 0.262. The first-order valence-corrected chi connectivity index (χ1v) is 6.78. The van der Waals surface area contributed by atoms with Crippen LogP contribution in [0.25, 0.3) is 0 Å². The van der Waals surface area contributed by atoms with Gasteiger partial charge in [-0.3, -0.25) is 0 Å². The third-order valence-corrected chi connectivity index (χ3v) is 3.12. The molecule has 0 fully saturated rings. The Hall–Kier alpha value is -0.480. The smallest absolute Gasteiger partial charge is 0.142 e. The number of benzene rings is 1. The van der Waals surface area contributed by atoms with E-state index in [0.29, 0.717) is 22.3 Å². The third kappa shape index (κ3) is 5.02. The van der Waals surface area contributed by atoms with Crippen LogP contribution in [0.1, 0.15) is 24.8 Å². The lowest BCUT2D eigenvalue weighted by Gasteiger charge is -2.12. The predicted molar refractivity (Wildman–Crippen MR) is 75.7 cm³/mol. The molecule has 0 saturated carbocycles. The van der Waals surface area contributed by atoms with Crippen molar-refractivity contribution in [3.8, 4) is 5.75 Å². The van der Waals surface area contributed by atoms with Gasteiger partial charge in [-0.15, -0.1) is 0 Å². The Labute approximate surface area is 118 Å². The summed E-state index contributed by atoms with van der Waals surface area (Å²) in [5.41, 5.74) is 0.956. The zero-order valence-corrected chi connectivity index (χ0v) is 12.0. The summed E-state index contributed by atoms with van der Waals surface area (Å²) in [7, 11) is 1.60. The molecule has 2 N–H and O–H groups in total. The topological polar surface area (TPSA) is 41.5 Å². The lowest BCUT2D eigenvalue weighted by atomic mass is 10.2. The first kappa shape index (κ1) is 15.6. The number of hydrogen-bond acceptors (Lipinski definition) is 3. The molecule has 0 bridgehead atoms. The zero-order valence-electron chi connectivity index (χ0n) is 10.5. The molecule has 1 rings (SSSR count). The number of aliphatic hydroxyl groups excluding tert-OH is 1. The normalized spacial score (nSPS) is 10.7. The average Bonchev–Trinajstić information content (AvgIpc) is 2.33. The standard InChI is InChI=1S/C13H19Cl2NO2/c1-18-13-10(7-11(14)8-12(13)15)9-16-5-3-2-4-6-17/h7-8,16-17H,2-6,9H2,1H3. The number of unbranched alkanes of at least 4 members (excludes halogenated alkanes) is 2. The molecule has 0 aliphatic rings. The average molecular weight is 292 g/mol. The van der Waals surface area contributed by atoms with Gasteiger partial charge in [-0.25, -0.2) is 0 Å². The Morgan fingerprint density at radius 2 is 2.00 bits per heavy atom. The van der Waals surface area contributed by atoms with Crippen molar-refractivity contribution < 1.29 is 9.84 Å². The van der Waals surface area contributed by atoms with Gasteiger partial charge < -0.3 is 15.2 Å². The molecule has 1 aromatic rings. The van der Waals surface area contributed by atoms with Crippen LogP contribution in [0.2, 0.25) is 10.0 Å². The van der Waals surface area contributed by atoms with Crippen LogP contribution < -0.4 is 10.1 Å². The molecular weight excluding hydrogens is 273 g/mol. The van der Waals surface area contributed by atoms with Crippen molar-refractivity contribution >= 4 is 23.2 Å². The van der Waals surface area contributed by atoms with Crippen molar-refractivity contribution in [3.05, 3.63) is 27.7 Å². The van der Waals surface area contributed by atoms with Gasteiger partial charge in [-0.2, -0.15) is 0 Å². The number of rotatable bonds is 8. The van der Waals surface area contributed by atoms with E-state index in [-0.39, 0.29) is 6.61 Å². The van der Waals surface area contributed by atoms with Crippen LogP contribution in [-0.4, -0.2) is 25.4 Å². The van der Waals surface area contributed by atoms with E-state index in [4.69, 9.17) is 33.0 Å². The number of aliphatic hydroxyl groups is 1. The van der Waals surface area contributed by atoms with E-state index >= 15 is 0 Å². The highest BCUT2D eigenvalue weighted by atomic mass is 35.5. The Balaban J connectivity index is 2.46. The molecule has 0 spiro atoms. The maximum absolute atomic E-state index is 8.66. The van der Waals surface area contributed by atoms with Crippen LogP contribution in [0.5, 0.6) is 5.75 Å². The van der Waals surface area contributed by atoms with Gasteiger partial charge in [0.05, 0.1) is 12.1 Å². The highest BCUT2D eigenvalue weighted by molar-refractivity contribution is 6.35. The molecule has 0 heterocycles. The first-order valence-electron chi connectivity index (χ1n) is 6.02. The van der Waals surface area contributed by atoms with Gasteiger partial charge in [0.25, 0.3) is 0 Å². The van der Waals surface area contributed by atoms with Crippen molar-refractivity contribution in [3.63, 3.8) is 0 Å². The van der Waals surface area contributed by atoms with Gasteiger partial charge >= 0.3 is 0 Å². The van der Waals surface area contributed by atoms with E-state index in [1.807, 2.05) is 6.07 Å². The molecule has 5 heteroatoms. The van der Waals surface area contributed by atoms with Crippen LogP contribution in [0.4, 0.5) is 0 Å². The Morgan fingerprint density at radius 1 is 1.22 bits per heavy atom. The second-order valence-corrected chi connectivity index (χ2v) is 4.88. The van der Waals surface area contributed by atoms with E-state index in [2.05, 4.69) is 5.32 Å². The number of nitrogens with one attached hydrogen (secondary N) is 1. The van der Waals surface area contributed by atoms with Crippen molar-refractivity contribution in [2.24, 2.45) is 0 Å². The van der Waals surface area contributed by atoms with E-state index in [9.17, 15) is 0 Å². The van der Waals surface area contributed by atoms with Gasteiger partial charge in [0.1, 0.15) is 5.75 Å². The number of methoxy groups -OCH3 is 1. The molecule has 3 nitrogen and oxygen atoms in total. The summed E-state index contributed by atoms with van der Waals surface area (Å²) in [6.45, 7) is 1.83. The molecule has 0 atom stereocenters. The summed E-state index contributed by atoms with van der Waals surface area (Å²) < 4.78 is 5.26. The SMILES string of the molecule is COc1c(Cl)cc(Cl)cc1CNCCCCCO. The summed E-state index contributed by atoms with van der Waals surface area (Å²) in [5, 5.41) is 13.1. The molecule has 0 aliphatic carbocycles. The minimum atomic E-state index is 0.262. The Kier molecular flexibility index (Phi) is 7.44. The van der Waals surface area contributed by atoms with Crippen LogP contribution in [0, 0.1) is 0 Å². The van der Waals surface area contributed by atoms with Crippen molar-refractivity contribution in [1.82, 2.24) is 5.32 Å². The number of halogens is 2. The van der Waals surface area contributed by atoms with Crippen LogP contribution >= 0.6 is 23.2 Å². The van der Waals surface area contributed by atoms with Crippen molar-refractivity contribution in [1.29, 1.82) is 0 Å². The molecule has 0 radical (unpaired) electrons. The van der Waals surface area contributed by atoms with Crippen molar-refractivity contribution in [2.45, 2.75) is 25.8 Å². The van der Waals surface area contributed by atoms with E-state index in [0.717, 1.165) is 31.4 Å². The fourth-order valence-electron chi connectivity index (χ4n) is 1.74. The summed E-state index contributed by atoms with van der Waals surface area (Å²) in [4.78, 5) is 0. The number of ether oxygens (including phenoxy) is 1. The monoisotopic (exact) mass is 291 g/mol. The summed E-state index contributed by atoms with van der Waals surface area (Å²) in [5.74, 6) is 0.670. The molecule has 0 amide bonds. The molecule has 102 valence electrons. The van der Waals surface area contributed by atoms with Gasteiger partial charge in [0.15, 0.2) is 0 Å². The maximum Gasteiger partial charge on any atom is 0.142 e. The lowest BCUT2D eigenvalue weighted by molar-refractivity contribution is 0.283. The molecule has 18 heavy (non-hydrogen) atoms. The van der Waals surface area contributed by atoms with Crippen molar-refractivity contribution in [2.75, 3.05) is 20.3 Å². The largest absolute Gasteiger partial charge is 0.495 e. The third-order valence-electron chi connectivity index (χ3n) is 2.62. The molecule has 1 aromatic carbocycles. The minimum Gasteiger partial charge on any atom is -0.495 e. The van der Waals surface area contributed by atoms with Gasteiger partial charge in [-0.05, 0) is 37.9 Å². The maximum atomic E-state index is 8.66. The van der Waals surface area contributed by atoms with E-state index in [1.54, 1.807) is 13.2 Å². The predicted octanol–water partition coefficient (Wildman–Crippen LogP) is 3.25. The lowest BCUT2D eigenvalue weighted by Crippen LogP contribution is -2.15. The second kappa shape index (κ2) is 8.59. The summed E-state index contributed by atoms with van der Waals surface area (Å²) >= 11 is 12.0. The first-order chi connectivity index (χ1) is 8.69. The highest BCUT2D eigenvalue weighted by Crippen LogP contribution is 2.31.